The highest BCUT2D eigenvalue weighted by Crippen LogP contribution is 2.05. The molecule has 1 aliphatic heterocycles. The number of hydrogen-bond donors (Lipinski definition) is 1. The van der Waals surface area contributed by atoms with E-state index < -0.39 is 0 Å². The van der Waals surface area contributed by atoms with Crippen LogP contribution in [0.2, 0.25) is 0 Å². The van der Waals surface area contributed by atoms with Crippen molar-refractivity contribution in [1.29, 1.82) is 0 Å². The number of rotatable bonds is 1. The van der Waals surface area contributed by atoms with Crippen LogP contribution in [0, 0.1) is 0 Å². The third-order valence-corrected chi connectivity index (χ3v) is 1.55. The van der Waals surface area contributed by atoms with Crippen molar-refractivity contribution < 1.29 is 11.0 Å². The number of esters is 1. The molecular weight excluding hydrogens is 154 g/mol. The molecule has 0 aliphatic carbocycles. The molecule has 1 atom stereocenters. The first kappa shape index (κ1) is 11.2. The van der Waals surface area contributed by atoms with Crippen molar-refractivity contribution in [3.05, 3.63) is 12.7 Å². The lowest BCUT2D eigenvalue weighted by Gasteiger charge is -2.04. The van der Waals surface area contributed by atoms with Gasteiger partial charge in [-0.3, -0.25) is 4.79 Å². The minimum atomic E-state index is -0.132. The van der Waals surface area contributed by atoms with Gasteiger partial charge in [0.05, 0.1) is 7.11 Å². The van der Waals surface area contributed by atoms with E-state index in [2.05, 4.69) is 16.6 Å². The molecule has 1 unspecified atom stereocenters. The zero-order valence-electron chi connectivity index (χ0n) is 7.80. The van der Waals surface area contributed by atoms with Gasteiger partial charge in [-0.25, -0.2) is 0 Å². The second-order valence-electron chi connectivity index (χ2n) is 2.58. The largest absolute Gasteiger partial charge is 0.468 e. The summed E-state index contributed by atoms with van der Waals surface area (Å²) in [6, 6.07) is -0.0324. The van der Waals surface area contributed by atoms with Gasteiger partial charge in [0, 0.05) is 1.43 Å². The van der Waals surface area contributed by atoms with E-state index in [0.717, 1.165) is 19.4 Å². The summed E-state index contributed by atoms with van der Waals surface area (Å²) in [5.74, 6) is -0.132. The van der Waals surface area contributed by atoms with Crippen LogP contribution in [0.15, 0.2) is 12.7 Å². The molecule has 0 aromatic heterocycles. The normalized spacial score (nSPS) is 20.7. The van der Waals surface area contributed by atoms with Crippen LogP contribution in [-0.2, 0) is 9.53 Å². The zero-order chi connectivity index (χ0) is 9.40. The van der Waals surface area contributed by atoms with Crippen molar-refractivity contribution in [2.75, 3.05) is 13.7 Å². The Labute approximate surface area is 75.3 Å². The fraction of sp³-hybridized carbons (Fsp3) is 0.667. The summed E-state index contributed by atoms with van der Waals surface area (Å²) in [6.07, 6.45) is 3.76. The van der Waals surface area contributed by atoms with E-state index in [1.165, 1.54) is 7.11 Å². The molecule has 0 radical (unpaired) electrons. The van der Waals surface area contributed by atoms with Gasteiger partial charge in [0.1, 0.15) is 6.04 Å². The third kappa shape index (κ3) is 4.13. The molecule has 0 aromatic carbocycles. The Morgan fingerprint density at radius 1 is 1.83 bits per heavy atom. The minimum Gasteiger partial charge on any atom is -0.468 e. The fourth-order valence-electron chi connectivity index (χ4n) is 1.03. The Kier molecular flexibility index (Phi) is 6.38. The summed E-state index contributed by atoms with van der Waals surface area (Å²) in [6.45, 7) is 6.19. The van der Waals surface area contributed by atoms with E-state index in [4.69, 9.17) is 0 Å². The standard InChI is InChI=1S/C6H11NO2.C3H6.H2/c1-9-6(8)5-3-2-4-7-5;1-3-2;/h5,7H,2-4H2,1H3;3H,1H2,2H3;1H. The monoisotopic (exact) mass is 173 g/mol. The number of carbonyl (C=O) groups excluding carboxylic acids is 1. The molecule has 3 heteroatoms. The van der Waals surface area contributed by atoms with Gasteiger partial charge in [0.15, 0.2) is 0 Å². The molecule has 0 amide bonds. The SMILES string of the molecule is C=CC.COC(=O)C1CCCN1.[HH]. The van der Waals surface area contributed by atoms with Gasteiger partial charge < -0.3 is 10.1 Å². The van der Waals surface area contributed by atoms with E-state index in [-0.39, 0.29) is 13.4 Å². The molecule has 1 N–H and O–H groups in total. The molecular formula is C9H19NO2. The highest BCUT2D eigenvalue weighted by molar-refractivity contribution is 5.75. The number of hydrogen-bond acceptors (Lipinski definition) is 3. The molecule has 3 nitrogen and oxygen atoms in total. The van der Waals surface area contributed by atoms with Crippen molar-refractivity contribution in [3.63, 3.8) is 0 Å². The Hall–Kier alpha value is -0.830. The molecule has 0 spiro atoms. The first-order chi connectivity index (χ1) is 5.76. The van der Waals surface area contributed by atoms with Crippen molar-refractivity contribution >= 4 is 5.97 Å². The van der Waals surface area contributed by atoms with Crippen molar-refractivity contribution in [3.8, 4) is 0 Å². The van der Waals surface area contributed by atoms with Crippen molar-refractivity contribution in [2.24, 2.45) is 0 Å². The molecule has 1 rings (SSSR count). The van der Waals surface area contributed by atoms with Crippen LogP contribution in [0.5, 0.6) is 0 Å². The van der Waals surface area contributed by atoms with E-state index >= 15 is 0 Å². The second kappa shape index (κ2) is 6.85. The van der Waals surface area contributed by atoms with E-state index in [0.29, 0.717) is 0 Å². The molecule has 0 saturated carbocycles. The van der Waals surface area contributed by atoms with E-state index in [1.807, 2.05) is 6.92 Å². The van der Waals surface area contributed by atoms with Gasteiger partial charge in [-0.15, -0.1) is 6.58 Å². The molecule has 12 heavy (non-hydrogen) atoms. The lowest BCUT2D eigenvalue weighted by Crippen LogP contribution is -2.31. The molecule has 0 bridgehead atoms. The van der Waals surface area contributed by atoms with Crippen LogP contribution in [0.4, 0.5) is 0 Å². The van der Waals surface area contributed by atoms with Gasteiger partial charge in [-0.2, -0.15) is 0 Å². The van der Waals surface area contributed by atoms with E-state index in [9.17, 15) is 4.79 Å². The summed E-state index contributed by atoms with van der Waals surface area (Å²) in [4.78, 5) is 10.7. The first-order valence-electron chi connectivity index (χ1n) is 4.14. The highest BCUT2D eigenvalue weighted by atomic mass is 16.5. The Morgan fingerprint density at radius 3 is 2.75 bits per heavy atom. The maximum atomic E-state index is 10.7. The van der Waals surface area contributed by atoms with Crippen LogP contribution in [0.3, 0.4) is 0 Å². The van der Waals surface area contributed by atoms with Gasteiger partial charge in [0.25, 0.3) is 0 Å². The number of nitrogens with one attached hydrogen (secondary N) is 1. The predicted molar refractivity (Wildman–Crippen MR) is 51.0 cm³/mol. The topological polar surface area (TPSA) is 38.3 Å². The highest BCUT2D eigenvalue weighted by Gasteiger charge is 2.21. The molecule has 1 fully saturated rings. The maximum Gasteiger partial charge on any atom is 0.322 e. The molecule has 1 heterocycles. The van der Waals surface area contributed by atoms with Crippen LogP contribution < -0.4 is 5.32 Å². The second-order valence-corrected chi connectivity index (χ2v) is 2.58. The zero-order valence-corrected chi connectivity index (χ0v) is 7.80. The van der Waals surface area contributed by atoms with Crippen LogP contribution in [-0.4, -0.2) is 25.7 Å². The quantitative estimate of drug-likeness (QED) is 0.480. The minimum absolute atomic E-state index is 0. The summed E-state index contributed by atoms with van der Waals surface area (Å²) >= 11 is 0. The predicted octanol–water partition coefficient (Wildman–Crippen LogP) is 1.35. The smallest absolute Gasteiger partial charge is 0.322 e. The van der Waals surface area contributed by atoms with Gasteiger partial charge >= 0.3 is 5.97 Å². The number of ether oxygens (including phenoxy) is 1. The van der Waals surface area contributed by atoms with Crippen LogP contribution >= 0.6 is 0 Å². The lowest BCUT2D eigenvalue weighted by molar-refractivity contribution is -0.142. The van der Waals surface area contributed by atoms with Crippen LogP contribution in [0.25, 0.3) is 0 Å². The molecule has 72 valence electrons. The van der Waals surface area contributed by atoms with Gasteiger partial charge in [-0.05, 0) is 26.3 Å². The summed E-state index contributed by atoms with van der Waals surface area (Å²) in [7, 11) is 1.42. The summed E-state index contributed by atoms with van der Waals surface area (Å²) < 4.78 is 4.53. The van der Waals surface area contributed by atoms with Gasteiger partial charge in [-0.1, -0.05) is 6.08 Å². The molecule has 1 aliphatic rings. The molecule has 1 saturated heterocycles. The Bertz CT molecular complexity index is 145. The average Bonchev–Trinajstić information content (AvgIpc) is 2.56. The average molecular weight is 173 g/mol. The van der Waals surface area contributed by atoms with Gasteiger partial charge in [0.2, 0.25) is 0 Å². The fourth-order valence-corrected chi connectivity index (χ4v) is 1.03. The molecule has 0 aromatic rings. The van der Waals surface area contributed by atoms with Crippen molar-refractivity contribution in [2.45, 2.75) is 25.8 Å². The number of methoxy groups -OCH3 is 1. The van der Waals surface area contributed by atoms with Crippen molar-refractivity contribution in [1.82, 2.24) is 5.32 Å². The lowest BCUT2D eigenvalue weighted by atomic mass is 10.2. The first-order valence-corrected chi connectivity index (χ1v) is 4.14. The summed E-state index contributed by atoms with van der Waals surface area (Å²) in [5, 5.41) is 3.03. The van der Waals surface area contributed by atoms with Crippen LogP contribution in [0.1, 0.15) is 21.2 Å². The summed E-state index contributed by atoms with van der Waals surface area (Å²) in [5.41, 5.74) is 0. The van der Waals surface area contributed by atoms with E-state index in [1.54, 1.807) is 6.08 Å². The Morgan fingerprint density at radius 2 is 2.42 bits per heavy atom. The third-order valence-electron chi connectivity index (χ3n) is 1.55. The Balaban J connectivity index is 0. The number of allylic oxidation sites excluding steroid dienone is 1. The number of carbonyl (C=O) groups is 1. The maximum absolute atomic E-state index is 10.7.